The van der Waals surface area contributed by atoms with Crippen molar-refractivity contribution in [3.8, 4) is 0 Å². The van der Waals surface area contributed by atoms with Gasteiger partial charge in [0.15, 0.2) is 0 Å². The number of alkyl carbamates (subject to hydrolysis) is 1. The Morgan fingerprint density at radius 2 is 1.76 bits per heavy atom. The van der Waals surface area contributed by atoms with Gasteiger partial charge in [0.05, 0.1) is 36.2 Å². The van der Waals surface area contributed by atoms with E-state index in [1.54, 1.807) is 6.26 Å². The molecule has 0 bridgehead atoms. The largest absolute Gasteiger partial charge is 0.446 e. The highest BCUT2D eigenvalue weighted by molar-refractivity contribution is 7.53. The number of hydrogen-bond acceptors (Lipinski definition) is 10. The molecular formula is C37H59N2O9P. The third-order valence-electron chi connectivity index (χ3n) is 13.3. The molecule has 6 rings (SSSR count). The molecule has 0 spiro atoms. The number of ether oxygens (including phenoxy) is 1. The van der Waals surface area contributed by atoms with Crippen molar-refractivity contribution in [2.75, 3.05) is 19.4 Å². The van der Waals surface area contributed by atoms with Crippen LogP contribution in [0.5, 0.6) is 0 Å². The van der Waals surface area contributed by atoms with E-state index in [2.05, 4.69) is 19.2 Å². The lowest BCUT2D eigenvalue weighted by atomic mass is 9.43. The lowest BCUT2D eigenvalue weighted by Crippen LogP contribution is -2.62. The van der Waals surface area contributed by atoms with Crippen LogP contribution in [0.4, 0.5) is 4.79 Å². The van der Waals surface area contributed by atoms with E-state index in [4.69, 9.17) is 18.2 Å². The molecule has 0 radical (unpaired) electrons. The van der Waals surface area contributed by atoms with Gasteiger partial charge in [-0.25, -0.2) is 9.59 Å². The van der Waals surface area contributed by atoms with E-state index >= 15 is 0 Å². The second kappa shape index (κ2) is 14.0. The lowest BCUT2D eigenvalue weighted by Gasteiger charge is -2.63. The summed E-state index contributed by atoms with van der Waals surface area (Å²) < 4.78 is 36.0. The fourth-order valence-electron chi connectivity index (χ4n) is 11.0. The minimum Gasteiger partial charge on any atom is -0.446 e. The van der Waals surface area contributed by atoms with E-state index < -0.39 is 31.4 Å². The first kappa shape index (κ1) is 37.0. The van der Waals surface area contributed by atoms with Crippen molar-refractivity contribution in [3.63, 3.8) is 0 Å². The van der Waals surface area contributed by atoms with Gasteiger partial charge in [0.1, 0.15) is 12.4 Å². The molecule has 276 valence electrons. The number of aliphatic hydroxyl groups excluding tert-OH is 1. The highest BCUT2D eigenvalue weighted by Gasteiger charge is 2.67. The first-order valence-corrected chi connectivity index (χ1v) is 20.4. The second-order valence-electron chi connectivity index (χ2n) is 16.9. The molecule has 5 aliphatic rings. The molecule has 1 aromatic rings. The Bertz CT molecular complexity index is 1420. The molecule has 5 fully saturated rings. The minimum absolute atomic E-state index is 0.0783. The predicted octanol–water partition coefficient (Wildman–Crippen LogP) is 6.41. The van der Waals surface area contributed by atoms with Crippen LogP contribution in [0.3, 0.4) is 0 Å². The first-order valence-electron chi connectivity index (χ1n) is 18.7. The maximum absolute atomic E-state index is 13.4. The summed E-state index contributed by atoms with van der Waals surface area (Å²) in [6, 6.07) is 2.92. The van der Waals surface area contributed by atoms with Crippen molar-refractivity contribution in [2.24, 2.45) is 28.6 Å². The van der Waals surface area contributed by atoms with Crippen LogP contribution in [0.2, 0.25) is 0 Å². The van der Waals surface area contributed by atoms with Crippen LogP contribution in [0.1, 0.15) is 117 Å². The van der Waals surface area contributed by atoms with Crippen molar-refractivity contribution in [3.05, 3.63) is 34.4 Å². The zero-order valence-corrected chi connectivity index (χ0v) is 31.2. The summed E-state index contributed by atoms with van der Waals surface area (Å²) in [6.45, 7) is 12.7. The van der Waals surface area contributed by atoms with Crippen LogP contribution in [0.15, 0.2) is 27.6 Å². The van der Waals surface area contributed by atoms with Gasteiger partial charge in [-0.15, -0.1) is 0 Å². The molecule has 0 aromatic carbocycles. The van der Waals surface area contributed by atoms with Crippen molar-refractivity contribution < 1.29 is 37.8 Å². The molecule has 10 atom stereocenters. The summed E-state index contributed by atoms with van der Waals surface area (Å²) >= 11 is 0. The van der Waals surface area contributed by atoms with Crippen LogP contribution < -0.4 is 10.9 Å². The zero-order chi connectivity index (χ0) is 35.4. The Hall–Kier alpha value is -1.75. The third kappa shape index (κ3) is 7.19. The number of β-amino-alcohol motifs (C(OH)–C–C–N with tert-alkyl or cyclic N) is 1. The van der Waals surface area contributed by atoms with Gasteiger partial charge in [-0.2, -0.15) is 0 Å². The highest BCUT2D eigenvalue weighted by atomic mass is 31.2. The molecule has 4 aliphatic carbocycles. The monoisotopic (exact) mass is 706 g/mol. The van der Waals surface area contributed by atoms with E-state index in [9.17, 15) is 24.4 Å². The first-order chi connectivity index (χ1) is 23.0. The van der Waals surface area contributed by atoms with Gasteiger partial charge in [-0.3, -0.25) is 9.46 Å². The molecule has 1 saturated heterocycles. The molecule has 2 heterocycles. The number of piperidine rings is 1. The van der Waals surface area contributed by atoms with Crippen LogP contribution >= 0.6 is 7.60 Å². The quantitative estimate of drug-likeness (QED) is 0.246. The molecule has 0 unspecified atom stereocenters. The van der Waals surface area contributed by atoms with Gasteiger partial charge in [0.2, 0.25) is 0 Å². The fraction of sp³-hybridized carbons (Fsp3) is 0.838. The molecule has 12 heteroatoms. The Kier molecular flexibility index (Phi) is 10.6. The van der Waals surface area contributed by atoms with E-state index in [1.165, 1.54) is 6.07 Å². The summed E-state index contributed by atoms with van der Waals surface area (Å²) in [4.78, 5) is 26.6. The molecule has 1 amide bonds. The van der Waals surface area contributed by atoms with Crippen molar-refractivity contribution in [2.45, 2.75) is 148 Å². The minimum atomic E-state index is -3.38. The SMILES string of the molecule is CC(C)OP(=O)(CN1CC[C@@H](NC(=O)O[C@H]2CC[C@@]3(C)[C@H](CC[C@@H]4[C@@H]3CC[C@]3(C)[C@@H](c5ccc(=O)oc5)CC[C@]43O)C2)[C@H](O)C1)OC(C)C. The maximum Gasteiger partial charge on any atom is 0.407 e. The smallest absolute Gasteiger partial charge is 0.407 e. The van der Waals surface area contributed by atoms with Crippen LogP contribution in [-0.2, 0) is 18.3 Å². The van der Waals surface area contributed by atoms with Gasteiger partial charge in [-0.1, -0.05) is 13.8 Å². The van der Waals surface area contributed by atoms with E-state index in [-0.39, 0.29) is 59.4 Å². The second-order valence-corrected chi connectivity index (χ2v) is 18.8. The van der Waals surface area contributed by atoms with Gasteiger partial charge in [0.25, 0.3) is 0 Å². The van der Waals surface area contributed by atoms with Gasteiger partial charge < -0.3 is 33.7 Å². The summed E-state index contributed by atoms with van der Waals surface area (Å²) in [6.07, 6.45) is 8.35. The number of aliphatic hydroxyl groups is 2. The fourth-order valence-corrected chi connectivity index (χ4v) is 13.2. The molecule has 3 N–H and O–H groups in total. The number of rotatable bonds is 9. The Morgan fingerprint density at radius 3 is 2.41 bits per heavy atom. The van der Waals surface area contributed by atoms with E-state index in [0.717, 1.165) is 63.4 Å². The standard InChI is InChI=1S/C37H59N2O9P/c1-23(2)47-49(44,48-24(3)4)22-39-18-14-31(32(40)20-39)38-34(42)46-27-11-15-35(5)26(19-27)8-9-30-29(35)12-16-36(6)28(13-17-37(30,36)43)25-7-10-33(41)45-21-25/h7,10,21,23-24,26-32,40,43H,8-9,11-20,22H2,1-6H3,(H,38,42)/t26-,27+,28-,29+,30-,31-,32-,35+,36-,37+/m1/s1. The Balaban J connectivity index is 1.02. The zero-order valence-electron chi connectivity index (χ0n) is 30.3. The lowest BCUT2D eigenvalue weighted by molar-refractivity contribution is -0.205. The third-order valence-corrected chi connectivity index (χ3v) is 15.5. The van der Waals surface area contributed by atoms with Gasteiger partial charge in [-0.05, 0) is 133 Å². The number of carbonyl (C=O) groups excluding carboxylic acids is 1. The normalized spacial score (nSPS) is 39.7. The Labute approximate surface area is 291 Å². The van der Waals surface area contributed by atoms with E-state index in [1.807, 2.05) is 38.7 Å². The summed E-state index contributed by atoms with van der Waals surface area (Å²) in [5.41, 5.74) is -0.269. The van der Waals surface area contributed by atoms with E-state index in [0.29, 0.717) is 24.8 Å². The van der Waals surface area contributed by atoms with Crippen LogP contribution in [0.25, 0.3) is 0 Å². The number of fused-ring (bicyclic) bond motifs is 5. The molecular weight excluding hydrogens is 647 g/mol. The molecule has 4 saturated carbocycles. The van der Waals surface area contributed by atoms with Crippen LogP contribution in [0, 0.1) is 28.6 Å². The average molecular weight is 707 g/mol. The molecule has 1 aliphatic heterocycles. The Morgan fingerprint density at radius 1 is 1.02 bits per heavy atom. The number of hydrogen-bond donors (Lipinski definition) is 3. The van der Waals surface area contributed by atoms with Gasteiger partial charge in [0, 0.05) is 24.6 Å². The summed E-state index contributed by atoms with van der Waals surface area (Å²) in [5.74, 6) is 1.23. The molecule has 49 heavy (non-hydrogen) atoms. The summed E-state index contributed by atoms with van der Waals surface area (Å²) in [7, 11) is -3.38. The maximum atomic E-state index is 13.4. The topological polar surface area (TPSA) is 148 Å². The number of nitrogens with zero attached hydrogens (tertiary/aromatic N) is 1. The van der Waals surface area contributed by atoms with Crippen molar-refractivity contribution >= 4 is 13.7 Å². The van der Waals surface area contributed by atoms with Crippen LogP contribution in [-0.4, -0.2) is 76.6 Å². The molecule has 11 nitrogen and oxygen atoms in total. The predicted molar refractivity (Wildman–Crippen MR) is 185 cm³/mol. The average Bonchev–Trinajstić information content (AvgIpc) is 3.29. The molecule has 1 aromatic heterocycles. The number of amides is 1. The summed E-state index contributed by atoms with van der Waals surface area (Å²) in [5, 5.41) is 26.4. The van der Waals surface area contributed by atoms with Crippen molar-refractivity contribution in [1.29, 1.82) is 0 Å². The number of likely N-dealkylation sites (tertiary alicyclic amines) is 1. The highest BCUT2D eigenvalue weighted by Crippen LogP contribution is 2.70. The number of carbonyl (C=O) groups is 1. The van der Waals surface area contributed by atoms with Gasteiger partial charge >= 0.3 is 19.3 Å². The van der Waals surface area contributed by atoms with Crippen molar-refractivity contribution in [1.82, 2.24) is 10.2 Å². The number of nitrogens with one attached hydrogen (secondary N) is 1.